The van der Waals surface area contributed by atoms with Crippen LogP contribution in [0.4, 0.5) is 13.2 Å². The minimum atomic E-state index is -5.41. The quantitative estimate of drug-likeness (QED) is 0.591. The van der Waals surface area contributed by atoms with Gasteiger partial charge in [-0.05, 0) is 18.7 Å². The molecular formula is C16H18F3NO5. The van der Waals surface area contributed by atoms with Crippen LogP contribution in [0.5, 0.6) is 0 Å². The minimum Gasteiger partial charge on any atom is -0.479 e. The number of carboxylic acid groups (broad SMARTS) is 1. The molecule has 0 saturated heterocycles. The zero-order valence-corrected chi connectivity index (χ0v) is 13.7. The van der Waals surface area contributed by atoms with Gasteiger partial charge in [0, 0.05) is 6.42 Å². The van der Waals surface area contributed by atoms with Gasteiger partial charge < -0.3 is 9.84 Å². The lowest BCUT2D eigenvalue weighted by atomic mass is 9.88. The van der Waals surface area contributed by atoms with E-state index in [-0.39, 0.29) is 13.1 Å². The maximum Gasteiger partial charge on any atom is 0.491 e. The van der Waals surface area contributed by atoms with E-state index in [9.17, 15) is 32.7 Å². The number of rotatable bonds is 7. The van der Waals surface area contributed by atoms with Gasteiger partial charge in [0.15, 0.2) is 0 Å². The number of hydrogen-bond acceptors (Lipinski definition) is 5. The number of nitrogens with zero attached hydrogens (tertiary/aromatic N) is 1. The van der Waals surface area contributed by atoms with Crippen LogP contribution in [-0.4, -0.2) is 52.7 Å². The highest BCUT2D eigenvalue weighted by molar-refractivity contribution is 6.08. The topological polar surface area (TPSA) is 83.9 Å². The number of benzene rings is 1. The Hall–Kier alpha value is -2.42. The van der Waals surface area contributed by atoms with Crippen molar-refractivity contribution in [3.8, 4) is 0 Å². The van der Waals surface area contributed by atoms with Gasteiger partial charge in [0.2, 0.25) is 5.54 Å². The Labute approximate surface area is 142 Å². The molecule has 1 aromatic rings. The second-order valence-corrected chi connectivity index (χ2v) is 5.17. The first-order valence-corrected chi connectivity index (χ1v) is 7.45. The molecule has 0 bridgehead atoms. The van der Waals surface area contributed by atoms with E-state index in [0.717, 1.165) is 4.90 Å². The molecule has 0 fully saturated rings. The second-order valence-electron chi connectivity index (χ2n) is 5.17. The Morgan fingerprint density at radius 2 is 1.56 bits per heavy atom. The molecule has 0 saturated carbocycles. The number of alkyl halides is 3. The van der Waals surface area contributed by atoms with Crippen LogP contribution >= 0.6 is 0 Å². The van der Waals surface area contributed by atoms with E-state index in [1.165, 1.54) is 12.1 Å². The van der Waals surface area contributed by atoms with Gasteiger partial charge in [-0.1, -0.05) is 44.2 Å². The predicted molar refractivity (Wildman–Crippen MR) is 80.6 cm³/mol. The molecule has 1 N–H and O–H groups in total. The summed E-state index contributed by atoms with van der Waals surface area (Å²) >= 11 is 0. The molecule has 0 aliphatic carbocycles. The van der Waals surface area contributed by atoms with Crippen molar-refractivity contribution in [2.75, 3.05) is 13.1 Å². The van der Waals surface area contributed by atoms with Crippen LogP contribution in [-0.2, 0) is 25.5 Å². The van der Waals surface area contributed by atoms with Crippen LogP contribution in [0.3, 0.4) is 0 Å². The van der Waals surface area contributed by atoms with E-state index in [1.807, 2.05) is 0 Å². The lowest BCUT2D eigenvalue weighted by molar-refractivity contribution is -0.206. The number of likely N-dealkylation sites (N-methyl/N-ethyl adjacent to an activating group) is 1. The largest absolute Gasteiger partial charge is 0.491 e. The molecule has 1 atom stereocenters. The average molecular weight is 361 g/mol. The highest BCUT2D eigenvalue weighted by Gasteiger charge is 2.55. The third-order valence-electron chi connectivity index (χ3n) is 3.71. The summed E-state index contributed by atoms with van der Waals surface area (Å²) in [5.74, 6) is -6.21. The van der Waals surface area contributed by atoms with Crippen LogP contribution in [0.25, 0.3) is 0 Å². The molecule has 1 aromatic carbocycles. The van der Waals surface area contributed by atoms with E-state index >= 15 is 0 Å². The molecule has 6 nitrogen and oxygen atoms in total. The maximum absolute atomic E-state index is 12.4. The number of carbonyl (C=O) groups is 3. The Morgan fingerprint density at radius 3 is 1.96 bits per heavy atom. The van der Waals surface area contributed by atoms with Crippen molar-refractivity contribution < 1.29 is 37.4 Å². The molecule has 0 radical (unpaired) electrons. The molecule has 0 aromatic heterocycles. The Balaban J connectivity index is 3.36. The summed E-state index contributed by atoms with van der Waals surface area (Å²) in [6, 6.07) is 7.90. The first-order chi connectivity index (χ1) is 11.6. The van der Waals surface area contributed by atoms with Crippen LogP contribution in [0, 0.1) is 0 Å². The van der Waals surface area contributed by atoms with Crippen molar-refractivity contribution in [2.24, 2.45) is 0 Å². The molecule has 0 heterocycles. The van der Waals surface area contributed by atoms with Gasteiger partial charge >= 0.3 is 24.1 Å². The molecule has 0 aliphatic rings. The normalized spacial score (nSPS) is 14.0. The summed E-state index contributed by atoms with van der Waals surface area (Å²) in [7, 11) is 0. The number of carboxylic acids is 1. The number of ether oxygens (including phenoxy) is 1. The van der Waals surface area contributed by atoms with Gasteiger partial charge in [-0.25, -0.2) is 14.4 Å². The van der Waals surface area contributed by atoms with Crippen molar-refractivity contribution >= 4 is 17.9 Å². The fourth-order valence-electron chi connectivity index (χ4n) is 2.49. The SMILES string of the molecule is CCN(CC)C(Cc1ccccc1)(C(=O)O)C(=O)OC(=O)C(F)(F)F. The van der Waals surface area contributed by atoms with Gasteiger partial charge in [0.05, 0.1) is 0 Å². The molecule has 0 aliphatic heterocycles. The molecule has 138 valence electrons. The van der Waals surface area contributed by atoms with E-state index in [4.69, 9.17) is 0 Å². The Morgan fingerprint density at radius 1 is 1.04 bits per heavy atom. The molecule has 25 heavy (non-hydrogen) atoms. The van der Waals surface area contributed by atoms with Gasteiger partial charge in [-0.3, -0.25) is 4.90 Å². The van der Waals surface area contributed by atoms with Crippen LogP contribution < -0.4 is 0 Å². The lowest BCUT2D eigenvalue weighted by Gasteiger charge is -2.37. The number of halogens is 3. The summed E-state index contributed by atoms with van der Waals surface area (Å²) < 4.78 is 41.1. The van der Waals surface area contributed by atoms with Gasteiger partial charge in [0.25, 0.3) is 0 Å². The van der Waals surface area contributed by atoms with E-state index in [0.29, 0.717) is 5.56 Å². The molecule has 1 unspecified atom stereocenters. The summed E-state index contributed by atoms with van der Waals surface area (Å²) in [6.45, 7) is 3.19. The fraction of sp³-hybridized carbons (Fsp3) is 0.438. The molecule has 0 amide bonds. The van der Waals surface area contributed by atoms with E-state index < -0.39 is 36.0 Å². The first kappa shape index (κ1) is 20.6. The summed E-state index contributed by atoms with van der Waals surface area (Å²) in [5, 5.41) is 9.67. The molecular weight excluding hydrogens is 343 g/mol. The summed E-state index contributed by atoms with van der Waals surface area (Å²) in [5.41, 5.74) is -2.06. The number of hydrogen-bond donors (Lipinski definition) is 1. The van der Waals surface area contributed by atoms with Gasteiger partial charge in [0.1, 0.15) is 0 Å². The first-order valence-electron chi connectivity index (χ1n) is 7.45. The van der Waals surface area contributed by atoms with Crippen LogP contribution in [0.2, 0.25) is 0 Å². The van der Waals surface area contributed by atoms with Gasteiger partial charge in [-0.2, -0.15) is 13.2 Å². The molecule has 0 spiro atoms. The maximum atomic E-state index is 12.4. The van der Waals surface area contributed by atoms with Crippen molar-refractivity contribution in [3.05, 3.63) is 35.9 Å². The van der Waals surface area contributed by atoms with E-state index in [2.05, 4.69) is 4.74 Å². The highest BCUT2D eigenvalue weighted by Crippen LogP contribution is 2.26. The lowest BCUT2D eigenvalue weighted by Crippen LogP contribution is -2.62. The van der Waals surface area contributed by atoms with E-state index in [1.54, 1.807) is 32.0 Å². The molecule has 9 heteroatoms. The predicted octanol–water partition coefficient (Wildman–Crippen LogP) is 2.03. The smallest absolute Gasteiger partial charge is 0.479 e. The number of carbonyl (C=O) groups excluding carboxylic acids is 2. The van der Waals surface area contributed by atoms with Crippen LogP contribution in [0.1, 0.15) is 19.4 Å². The van der Waals surface area contributed by atoms with Crippen molar-refractivity contribution in [1.29, 1.82) is 0 Å². The molecule has 1 rings (SSSR count). The number of esters is 2. The Kier molecular flexibility index (Phi) is 6.69. The summed E-state index contributed by atoms with van der Waals surface area (Å²) in [6.07, 6.45) is -5.86. The van der Waals surface area contributed by atoms with Crippen molar-refractivity contribution in [2.45, 2.75) is 32.0 Å². The zero-order valence-electron chi connectivity index (χ0n) is 13.7. The monoisotopic (exact) mass is 361 g/mol. The fourth-order valence-corrected chi connectivity index (χ4v) is 2.49. The zero-order chi connectivity index (χ0) is 19.3. The number of aliphatic carboxylic acids is 1. The minimum absolute atomic E-state index is 0.0466. The summed E-state index contributed by atoms with van der Waals surface area (Å²) in [4.78, 5) is 36.4. The van der Waals surface area contributed by atoms with Crippen LogP contribution in [0.15, 0.2) is 30.3 Å². The second kappa shape index (κ2) is 8.11. The van der Waals surface area contributed by atoms with Crippen molar-refractivity contribution in [3.63, 3.8) is 0 Å². The third kappa shape index (κ3) is 4.56. The van der Waals surface area contributed by atoms with Gasteiger partial charge in [-0.15, -0.1) is 0 Å². The van der Waals surface area contributed by atoms with Crippen molar-refractivity contribution in [1.82, 2.24) is 4.90 Å². The third-order valence-corrected chi connectivity index (χ3v) is 3.71. The Bertz CT molecular complexity index is 628. The average Bonchev–Trinajstić information content (AvgIpc) is 2.54. The standard InChI is InChI=1S/C16H18F3NO5/c1-3-20(4-2)15(12(21)22,10-11-8-6-5-7-9-11)13(23)25-14(24)16(17,18)19/h5-9H,3-4,10H2,1-2H3,(H,21,22). The highest BCUT2D eigenvalue weighted by atomic mass is 19.4.